The van der Waals surface area contributed by atoms with Crippen LogP contribution in [0, 0.1) is 0 Å². The Hall–Kier alpha value is -1.85. The van der Waals surface area contributed by atoms with Gasteiger partial charge in [0.15, 0.2) is 15.6 Å². The summed E-state index contributed by atoms with van der Waals surface area (Å²) in [6, 6.07) is 10.4. The van der Waals surface area contributed by atoms with E-state index in [4.69, 9.17) is 17.3 Å². The van der Waals surface area contributed by atoms with E-state index in [2.05, 4.69) is 0 Å². The van der Waals surface area contributed by atoms with Crippen LogP contribution in [-0.4, -0.2) is 20.5 Å². The number of carbonyl (C=O) groups is 1. The molecule has 0 spiro atoms. The summed E-state index contributed by atoms with van der Waals surface area (Å²) < 4.78 is 23.0. The summed E-state index contributed by atoms with van der Waals surface area (Å²) in [5, 5.41) is 0.236. The van der Waals surface area contributed by atoms with Crippen LogP contribution < -0.4 is 5.73 Å². The number of rotatable bonds is 3. The molecule has 0 heterocycles. The fourth-order valence-electron chi connectivity index (χ4n) is 1.74. The summed E-state index contributed by atoms with van der Waals surface area (Å²) in [5.41, 5.74) is 6.57. The van der Waals surface area contributed by atoms with E-state index in [1.165, 1.54) is 30.3 Å². The smallest absolute Gasteiger partial charge is 0.194 e. The molecule has 2 N–H and O–H groups in total. The summed E-state index contributed by atoms with van der Waals surface area (Å²) in [7, 11) is -3.36. The van der Waals surface area contributed by atoms with E-state index in [-0.39, 0.29) is 26.8 Å². The van der Waals surface area contributed by atoms with Crippen LogP contribution in [0.25, 0.3) is 0 Å². The molecule has 6 heteroatoms. The number of nitrogens with two attached hydrogens (primary N) is 1. The first-order valence-corrected chi connectivity index (χ1v) is 7.96. The average Bonchev–Trinajstić information content (AvgIpc) is 2.37. The van der Waals surface area contributed by atoms with E-state index < -0.39 is 9.84 Å². The number of ketones is 1. The molecule has 0 bridgehead atoms. The quantitative estimate of drug-likeness (QED) is 0.698. The molecule has 4 nitrogen and oxygen atoms in total. The van der Waals surface area contributed by atoms with Crippen molar-refractivity contribution < 1.29 is 13.2 Å². The van der Waals surface area contributed by atoms with Crippen molar-refractivity contribution in [2.45, 2.75) is 4.90 Å². The lowest BCUT2D eigenvalue weighted by Gasteiger charge is -2.06. The molecule has 0 radical (unpaired) electrons. The SMILES string of the molecule is CS(=O)(=O)c1cccc(C(=O)c2ccc(N)cc2Cl)c1. The predicted molar refractivity (Wildman–Crippen MR) is 78.8 cm³/mol. The van der Waals surface area contributed by atoms with Crippen molar-refractivity contribution in [3.05, 3.63) is 58.6 Å². The van der Waals surface area contributed by atoms with E-state index in [0.29, 0.717) is 5.69 Å². The molecule has 2 rings (SSSR count). The molecule has 0 aliphatic heterocycles. The van der Waals surface area contributed by atoms with Gasteiger partial charge < -0.3 is 5.73 Å². The number of anilines is 1. The topological polar surface area (TPSA) is 77.2 Å². The number of carbonyl (C=O) groups excluding carboxylic acids is 1. The second-order valence-corrected chi connectivity index (χ2v) is 6.79. The molecule has 0 aliphatic carbocycles. The van der Waals surface area contributed by atoms with Gasteiger partial charge in [-0.1, -0.05) is 23.7 Å². The molecule has 0 aromatic heterocycles. The molecule has 0 atom stereocenters. The van der Waals surface area contributed by atoms with Gasteiger partial charge in [-0.05, 0) is 30.3 Å². The number of benzene rings is 2. The van der Waals surface area contributed by atoms with Crippen LogP contribution in [0.2, 0.25) is 5.02 Å². The van der Waals surface area contributed by atoms with Gasteiger partial charge in [-0.3, -0.25) is 4.79 Å². The molecule has 0 aliphatic rings. The first kappa shape index (κ1) is 14.6. The Morgan fingerprint density at radius 3 is 2.45 bits per heavy atom. The van der Waals surface area contributed by atoms with Gasteiger partial charge in [0.25, 0.3) is 0 Å². The molecule has 20 heavy (non-hydrogen) atoms. The Bertz CT molecular complexity index is 785. The first-order chi connectivity index (χ1) is 9.29. The van der Waals surface area contributed by atoms with Crippen LogP contribution in [0.5, 0.6) is 0 Å². The van der Waals surface area contributed by atoms with Gasteiger partial charge in [-0.25, -0.2) is 8.42 Å². The zero-order valence-corrected chi connectivity index (χ0v) is 12.2. The number of nitrogen functional groups attached to an aromatic ring is 1. The number of hydrogen-bond acceptors (Lipinski definition) is 4. The summed E-state index contributed by atoms with van der Waals surface area (Å²) in [6.45, 7) is 0. The van der Waals surface area contributed by atoms with E-state index in [1.807, 2.05) is 0 Å². The lowest BCUT2D eigenvalue weighted by atomic mass is 10.0. The van der Waals surface area contributed by atoms with Gasteiger partial charge in [0.2, 0.25) is 0 Å². The minimum atomic E-state index is -3.36. The molecule has 0 fully saturated rings. The monoisotopic (exact) mass is 309 g/mol. The third kappa shape index (κ3) is 3.00. The molecule has 0 saturated heterocycles. The van der Waals surface area contributed by atoms with Gasteiger partial charge in [-0.15, -0.1) is 0 Å². The molecule has 0 unspecified atom stereocenters. The zero-order chi connectivity index (χ0) is 14.9. The van der Waals surface area contributed by atoms with Crippen LogP contribution in [0.15, 0.2) is 47.4 Å². The zero-order valence-electron chi connectivity index (χ0n) is 10.6. The van der Waals surface area contributed by atoms with Crippen molar-refractivity contribution in [1.82, 2.24) is 0 Å². The highest BCUT2D eigenvalue weighted by Gasteiger charge is 2.15. The maximum atomic E-state index is 12.3. The highest BCUT2D eigenvalue weighted by atomic mass is 35.5. The molecule has 0 amide bonds. The largest absolute Gasteiger partial charge is 0.399 e. The Morgan fingerprint density at radius 2 is 1.85 bits per heavy atom. The number of sulfone groups is 1. The Morgan fingerprint density at radius 1 is 1.15 bits per heavy atom. The van der Waals surface area contributed by atoms with Gasteiger partial charge >= 0.3 is 0 Å². The molecule has 2 aromatic rings. The minimum absolute atomic E-state index is 0.0925. The number of hydrogen-bond donors (Lipinski definition) is 1. The predicted octanol–water partition coefficient (Wildman–Crippen LogP) is 2.56. The Kier molecular flexibility index (Phi) is 3.83. The molecular formula is C14H12ClNO3S. The molecule has 104 valence electrons. The highest BCUT2D eigenvalue weighted by molar-refractivity contribution is 7.90. The Labute approximate surface area is 122 Å². The van der Waals surface area contributed by atoms with Crippen molar-refractivity contribution in [2.24, 2.45) is 0 Å². The summed E-state index contributed by atoms with van der Waals surface area (Å²) in [5.74, 6) is -0.347. The normalized spacial score (nSPS) is 11.3. The molecule has 2 aromatic carbocycles. The van der Waals surface area contributed by atoms with Crippen LogP contribution in [0.4, 0.5) is 5.69 Å². The number of halogens is 1. The third-order valence-electron chi connectivity index (χ3n) is 2.76. The van der Waals surface area contributed by atoms with Gasteiger partial charge in [-0.2, -0.15) is 0 Å². The van der Waals surface area contributed by atoms with Crippen molar-refractivity contribution in [3.63, 3.8) is 0 Å². The van der Waals surface area contributed by atoms with Gasteiger partial charge in [0.1, 0.15) is 0 Å². The summed E-state index contributed by atoms with van der Waals surface area (Å²) >= 11 is 5.98. The minimum Gasteiger partial charge on any atom is -0.399 e. The molecular weight excluding hydrogens is 298 g/mol. The highest BCUT2D eigenvalue weighted by Crippen LogP contribution is 2.23. The third-order valence-corrected chi connectivity index (χ3v) is 4.19. The lowest BCUT2D eigenvalue weighted by Crippen LogP contribution is -2.05. The maximum Gasteiger partial charge on any atom is 0.194 e. The van der Waals surface area contributed by atoms with E-state index in [9.17, 15) is 13.2 Å². The van der Waals surface area contributed by atoms with Crippen LogP contribution >= 0.6 is 11.6 Å². The molecule has 0 saturated carbocycles. The second-order valence-electron chi connectivity index (χ2n) is 4.37. The summed E-state index contributed by atoms with van der Waals surface area (Å²) in [4.78, 5) is 12.4. The Balaban J connectivity index is 2.49. The van der Waals surface area contributed by atoms with Crippen LogP contribution in [0.3, 0.4) is 0 Å². The van der Waals surface area contributed by atoms with Crippen LogP contribution in [-0.2, 0) is 9.84 Å². The lowest BCUT2D eigenvalue weighted by molar-refractivity contribution is 0.103. The van der Waals surface area contributed by atoms with Crippen molar-refractivity contribution >= 4 is 32.9 Å². The van der Waals surface area contributed by atoms with E-state index >= 15 is 0 Å². The van der Waals surface area contributed by atoms with Crippen molar-refractivity contribution in [1.29, 1.82) is 0 Å². The van der Waals surface area contributed by atoms with Crippen molar-refractivity contribution in [2.75, 3.05) is 12.0 Å². The second kappa shape index (κ2) is 5.26. The van der Waals surface area contributed by atoms with E-state index in [0.717, 1.165) is 6.26 Å². The van der Waals surface area contributed by atoms with Gasteiger partial charge in [0, 0.05) is 23.1 Å². The van der Waals surface area contributed by atoms with Crippen LogP contribution in [0.1, 0.15) is 15.9 Å². The summed E-state index contributed by atoms with van der Waals surface area (Å²) in [6.07, 6.45) is 1.09. The fourth-order valence-corrected chi connectivity index (χ4v) is 2.68. The average molecular weight is 310 g/mol. The fraction of sp³-hybridized carbons (Fsp3) is 0.0714. The van der Waals surface area contributed by atoms with E-state index in [1.54, 1.807) is 12.1 Å². The van der Waals surface area contributed by atoms with Gasteiger partial charge in [0.05, 0.1) is 9.92 Å². The standard InChI is InChI=1S/C14H12ClNO3S/c1-20(18,19)11-4-2-3-9(7-11)14(17)12-6-5-10(16)8-13(12)15/h2-8H,16H2,1H3. The van der Waals surface area contributed by atoms with Crippen molar-refractivity contribution in [3.8, 4) is 0 Å². The maximum absolute atomic E-state index is 12.3. The first-order valence-electron chi connectivity index (χ1n) is 5.69.